The van der Waals surface area contributed by atoms with Crippen LogP contribution in [-0.4, -0.2) is 207 Å². The van der Waals surface area contributed by atoms with Crippen LogP contribution >= 0.6 is 42.4 Å². The van der Waals surface area contributed by atoms with Crippen molar-refractivity contribution < 1.29 is 132 Å². The molecular weight excluding hydrogens is 1680 g/mol. The monoisotopic (exact) mass is 1770 g/mol. The molecule has 11 bridgehead atoms. The predicted molar refractivity (Wildman–Crippen MR) is 433 cm³/mol. The molecule has 0 unspecified atom stereocenters. The number of benzene rings is 7. The summed E-state index contributed by atoms with van der Waals surface area (Å²) in [6.07, 6.45) is -20.1. The van der Waals surface area contributed by atoms with E-state index in [4.69, 9.17) is 69.0 Å². The van der Waals surface area contributed by atoms with Crippen molar-refractivity contribution >= 4 is 89.7 Å². The number of hydrogen-bond acceptors (Lipinski definition) is 27. The van der Waals surface area contributed by atoms with Gasteiger partial charge in [-0.3, -0.25) is 38.1 Å². The Labute approximate surface area is 710 Å². The van der Waals surface area contributed by atoms with Gasteiger partial charge in [0.25, 0.3) is 0 Å². The summed E-state index contributed by atoms with van der Waals surface area (Å²) in [5.74, 6) is -17.3. The number of carboxylic acid groups (broad SMARTS) is 1. The third-order valence-electron chi connectivity index (χ3n) is 21.5. The Kier molecular flexibility index (Phi) is 28.1. The fourth-order valence-electron chi connectivity index (χ4n) is 15.0. The molecular formula is C81H90Cl3N10O27P. The number of carbonyl (C=O) groups is 8. The lowest BCUT2D eigenvalue weighted by Gasteiger charge is -2.48. The van der Waals surface area contributed by atoms with Crippen LogP contribution in [0, 0.1) is 5.92 Å². The molecule has 7 aromatic rings. The van der Waals surface area contributed by atoms with Gasteiger partial charge in [0, 0.05) is 46.8 Å². The van der Waals surface area contributed by atoms with Crippen LogP contribution in [0.4, 0.5) is 0 Å². The molecule has 18 atom stereocenters. The Morgan fingerprint density at radius 1 is 0.680 bits per heavy atom. The van der Waals surface area contributed by atoms with E-state index in [1.54, 1.807) is 39.8 Å². The lowest BCUT2D eigenvalue weighted by atomic mass is 9.84. The van der Waals surface area contributed by atoms with Crippen molar-refractivity contribution in [3.05, 3.63) is 175 Å². The number of phenols is 3. The second kappa shape index (κ2) is 37.8. The van der Waals surface area contributed by atoms with Gasteiger partial charge in [0.05, 0.1) is 53.2 Å². The molecule has 7 aliphatic heterocycles. The smallest absolute Gasteiger partial charge is 0.339 e. The predicted octanol–water partition coefficient (Wildman–Crippen LogP) is 3.48. The van der Waals surface area contributed by atoms with E-state index in [0.29, 0.717) is 5.02 Å². The number of aliphatic hydroxyl groups is 6. The number of halogens is 3. The number of phenolic OH excluding ortho intramolecular Hbond substituents is 3. The van der Waals surface area contributed by atoms with Gasteiger partial charge in [-0.15, -0.1) is 0 Å². The number of ether oxygens (including phenoxy) is 6. The maximum Gasteiger partial charge on any atom is 0.339 e. The van der Waals surface area contributed by atoms with Gasteiger partial charge < -0.3 is 143 Å². The fourth-order valence-corrected chi connectivity index (χ4v) is 16.0. The second-order valence-corrected chi connectivity index (χ2v) is 33.6. The molecule has 7 aromatic carbocycles. The summed E-state index contributed by atoms with van der Waals surface area (Å²) >= 11 is 20.5. The quantitative estimate of drug-likeness (QED) is 0.0458. The van der Waals surface area contributed by atoms with Crippen molar-refractivity contribution in [2.24, 2.45) is 11.7 Å². The van der Waals surface area contributed by atoms with Crippen LogP contribution < -0.4 is 67.8 Å². The lowest BCUT2D eigenvalue weighted by Crippen LogP contribution is -2.65. The number of aromatic hydroxyl groups is 3. The normalized spacial score (nSPS) is 26.5. The summed E-state index contributed by atoms with van der Waals surface area (Å²) < 4.78 is 51.5. The lowest BCUT2D eigenvalue weighted by molar-refractivity contribution is -0.334. The maximum absolute atomic E-state index is 16.4. The van der Waals surface area contributed by atoms with E-state index < -0.39 is 274 Å². The molecule has 0 radical (unpaired) electrons. The maximum atomic E-state index is 16.4. The molecule has 2 saturated heterocycles. The Morgan fingerprint density at radius 3 is 1.87 bits per heavy atom. The van der Waals surface area contributed by atoms with Gasteiger partial charge in [-0.2, -0.15) is 0 Å². The van der Waals surface area contributed by atoms with Gasteiger partial charge in [-0.05, 0) is 139 Å². The molecule has 7 amide bonds. The highest BCUT2D eigenvalue weighted by atomic mass is 35.5. The Morgan fingerprint density at radius 2 is 1.28 bits per heavy atom. The van der Waals surface area contributed by atoms with Crippen molar-refractivity contribution in [1.82, 2.24) is 47.9 Å². The second-order valence-electron chi connectivity index (χ2n) is 30.7. The summed E-state index contributed by atoms with van der Waals surface area (Å²) in [6.45, 7) is 5.27. The molecule has 0 aromatic heterocycles. The van der Waals surface area contributed by atoms with Crippen LogP contribution in [0.15, 0.2) is 121 Å². The average Bonchev–Trinajstić information content (AvgIpc) is 0.757. The topological polar surface area (TPSA) is 586 Å². The first-order chi connectivity index (χ1) is 57.7. The number of nitrogens with two attached hydrogens (primary N) is 1. The van der Waals surface area contributed by atoms with Gasteiger partial charge in [-0.1, -0.05) is 103 Å². The first-order valence-electron chi connectivity index (χ1n) is 38.3. The molecule has 23 N–H and O–H groups in total. The van der Waals surface area contributed by atoms with E-state index in [9.17, 15) is 79.8 Å². The minimum absolute atomic E-state index is 0.130. The molecule has 0 aliphatic carbocycles. The zero-order valence-corrected chi connectivity index (χ0v) is 68.7. The summed E-state index contributed by atoms with van der Waals surface area (Å²) in [7, 11) is -3.39. The largest absolute Gasteiger partial charge is 0.507 e. The molecule has 0 spiro atoms. The van der Waals surface area contributed by atoms with E-state index >= 15 is 24.0 Å². The Balaban J connectivity index is 1.05. The summed E-state index contributed by atoms with van der Waals surface area (Å²) in [5, 5.41) is 141. The van der Waals surface area contributed by atoms with Crippen LogP contribution in [0.3, 0.4) is 0 Å². The first kappa shape index (κ1) is 90.9. The zero-order chi connectivity index (χ0) is 88.4. The standard InChI is InChI=1S/C81H90Cl3N10O27P/c1-33(2)20-48(86-5)73(105)93-63-65(99)39-13-18-52(46(83)22-39)117-54-24-41-25-55(70(54)121-80-71(69(103)68(102)56(31-95)119-80)120-58-28-81(4,72(104)34(3)116-58)88-29-35-6-8-36(9-7-35)37-10-15-42(82)16-11-37)118-53-19-14-40(23-47(53)84)66(100)64-78(110)92-62(79(111)112)44-26-51(97)45(30-87-32-122(113,114)115)67(101)59(44)43-21-38(12-17-50(43)96)60(75(107)94-64)91-76(108)61(41)90-74(106)49(27-57(85)98)89-77(63)109/h6-19,21-26,33-34,48-49,56,58,60-66,68-69,71-72,80,86-88,95-97,99-104H,20,27-32H2,1-5H3,(H2,85,98)(H,89,109)(H,90,106)(H,91,108)(H,92,110)(H,93,105)(H,94,107)(H,111,112)(H2,113,114,115)/t34-,48+,49-,56+,58-,60+,61+,62-,63+,64-,65+,66+,68+,69-,71+,72+,80-,81-/m0/s1. The molecule has 2 fully saturated rings. The third kappa shape index (κ3) is 20.3. The van der Waals surface area contributed by atoms with Crippen molar-refractivity contribution in [2.75, 3.05) is 19.9 Å². The number of carboxylic acids is 1. The van der Waals surface area contributed by atoms with Gasteiger partial charge in [-0.25, -0.2) is 4.79 Å². The number of amides is 7. The first-order valence-corrected chi connectivity index (χ1v) is 41.2. The highest BCUT2D eigenvalue weighted by Gasteiger charge is 2.52. The van der Waals surface area contributed by atoms with Gasteiger partial charge >= 0.3 is 13.6 Å². The Bertz CT molecular complexity index is 5210. The number of rotatable bonds is 21. The number of aliphatic hydroxyl groups excluding tert-OH is 6. The highest BCUT2D eigenvalue weighted by Crippen LogP contribution is 2.51. The number of nitrogens with one attached hydrogen (secondary N) is 9. The van der Waals surface area contributed by atoms with E-state index in [1.807, 2.05) is 36.4 Å². The Hall–Kier alpha value is -10.4. The molecule has 41 heteroatoms. The number of likely N-dealkylation sites (N-methyl/N-ethyl adjacent to an activating group) is 1. The average molecular weight is 1770 g/mol. The summed E-state index contributed by atoms with van der Waals surface area (Å²) in [5.41, 5.74) is 2.97. The van der Waals surface area contributed by atoms with E-state index in [1.165, 1.54) is 19.2 Å². The van der Waals surface area contributed by atoms with E-state index in [0.717, 1.165) is 77.4 Å². The van der Waals surface area contributed by atoms with Crippen LogP contribution in [0.5, 0.6) is 46.0 Å². The fraction of sp³-hybridized carbons (Fsp3) is 0.383. The third-order valence-corrected chi connectivity index (χ3v) is 22.9. The molecule has 14 rings (SSSR count). The van der Waals surface area contributed by atoms with Crippen LogP contribution in [0.1, 0.15) is 116 Å². The number of carbonyl (C=O) groups excluding carboxylic acids is 7. The number of hydrogen-bond donors (Lipinski definition) is 22. The molecule has 7 aliphatic rings. The number of aliphatic carboxylic acids is 1. The summed E-state index contributed by atoms with van der Waals surface area (Å²) in [6, 6.07) is 12.3. The SMILES string of the molecule is CN[C@H](CC(C)C)C(=O)N[C@H]1C(=O)N[C@@H](CC(N)=O)C(=O)N[C@H]2C(=O)N[C@H]3C(=O)N[C@H](C(=O)N[C@H](C(=O)O)c4cc(O)c(CNCP(=O)(O)O)c(O)c4-c4cc3ccc4O)[C@H](O)c3ccc(c(Cl)c3)Oc3cc2cc(c3O[C@@H]2O[C@H](CO)[C@@H](O)[C@H](O)[C@H]2O[C@H]2C[C@](C)(NCc3ccc(-c4ccc(Cl)cc4)cc3)[C@H](O)[C@H](C)O2)Oc2ccc(cc2Cl)[C@H]1O. The minimum atomic E-state index is -4.85. The van der Waals surface area contributed by atoms with Crippen LogP contribution in [0.25, 0.3) is 22.3 Å². The van der Waals surface area contributed by atoms with Crippen molar-refractivity contribution in [3.8, 4) is 68.2 Å². The van der Waals surface area contributed by atoms with Crippen molar-refractivity contribution in [2.45, 2.75) is 169 Å². The minimum Gasteiger partial charge on any atom is -0.507 e. The number of primary amides is 1. The van der Waals surface area contributed by atoms with Crippen LogP contribution in [0.2, 0.25) is 15.1 Å². The molecule has 652 valence electrons. The van der Waals surface area contributed by atoms with Gasteiger partial charge in [0.1, 0.15) is 89.5 Å². The molecule has 7 heterocycles. The molecule has 37 nitrogen and oxygen atoms in total. The molecule has 0 saturated carbocycles. The van der Waals surface area contributed by atoms with Gasteiger partial charge in [0.2, 0.25) is 53.4 Å². The van der Waals surface area contributed by atoms with Gasteiger partial charge in [0.15, 0.2) is 29.9 Å². The summed E-state index contributed by atoms with van der Waals surface area (Å²) in [4.78, 5) is 138. The van der Waals surface area contributed by atoms with E-state index in [2.05, 4.69) is 47.9 Å². The molecule has 122 heavy (non-hydrogen) atoms. The van der Waals surface area contributed by atoms with Crippen molar-refractivity contribution in [1.29, 1.82) is 0 Å². The van der Waals surface area contributed by atoms with Crippen LogP contribution in [-0.2, 0) is 70.2 Å². The van der Waals surface area contributed by atoms with Crippen molar-refractivity contribution in [3.63, 3.8) is 0 Å². The van der Waals surface area contributed by atoms with E-state index in [-0.39, 0.29) is 42.2 Å². The highest BCUT2D eigenvalue weighted by molar-refractivity contribution is 7.51. The number of fused-ring (bicyclic) bond motifs is 15. The zero-order valence-electron chi connectivity index (χ0n) is 65.5.